The van der Waals surface area contributed by atoms with E-state index in [1.54, 1.807) is 0 Å². The summed E-state index contributed by atoms with van der Waals surface area (Å²) in [6.07, 6.45) is -6.49. The van der Waals surface area contributed by atoms with Crippen LogP contribution in [0.15, 0.2) is 23.8 Å². The first-order chi connectivity index (χ1) is 20.7. The number of hydrogen-bond acceptors (Lipinski definition) is 12. The van der Waals surface area contributed by atoms with Crippen LogP contribution in [0.1, 0.15) is 66.2 Å². The van der Waals surface area contributed by atoms with Crippen LogP contribution >= 0.6 is 0 Å². The average molecular weight is 631 g/mol. The normalized spacial score (nSPS) is 46.5. The summed E-state index contributed by atoms with van der Waals surface area (Å²) >= 11 is 0. The number of allylic oxidation sites excluding steroid dienone is 1. The third-order valence-electron chi connectivity index (χ3n) is 10.7. The van der Waals surface area contributed by atoms with E-state index in [1.165, 1.54) is 0 Å². The lowest BCUT2D eigenvalue weighted by Crippen LogP contribution is -2.62. The minimum Gasteiger partial charge on any atom is -0.394 e. The second-order valence-corrected chi connectivity index (χ2v) is 14.2. The van der Waals surface area contributed by atoms with E-state index >= 15 is 0 Å². The molecule has 0 spiro atoms. The first kappa shape index (κ1) is 35.8. The molecule has 2 heterocycles. The molecule has 254 valence electrons. The summed E-state index contributed by atoms with van der Waals surface area (Å²) in [5.74, 6) is 0.280. The molecule has 4 rings (SSSR count). The van der Waals surface area contributed by atoms with Gasteiger partial charge in [-0.25, -0.2) is 0 Å². The molecule has 0 unspecified atom stereocenters. The maximum Gasteiger partial charge on any atom is 0.187 e. The van der Waals surface area contributed by atoms with Crippen LogP contribution in [0.4, 0.5) is 0 Å². The van der Waals surface area contributed by atoms with Crippen LogP contribution in [0.3, 0.4) is 0 Å². The maximum absolute atomic E-state index is 10.7. The fourth-order valence-electron chi connectivity index (χ4n) is 8.41. The fraction of sp³-hybridized carbons (Fsp3) is 0.875. The number of hydrogen-bond donors (Lipinski definition) is 8. The highest BCUT2D eigenvalue weighted by Gasteiger charge is 2.58. The molecule has 0 bridgehead atoms. The highest BCUT2D eigenvalue weighted by atomic mass is 16.7. The van der Waals surface area contributed by atoms with E-state index in [9.17, 15) is 40.9 Å². The Kier molecular flexibility index (Phi) is 11.7. The van der Waals surface area contributed by atoms with Gasteiger partial charge in [0, 0.05) is 0 Å². The monoisotopic (exact) mass is 630 g/mol. The summed E-state index contributed by atoms with van der Waals surface area (Å²) in [5.41, 5.74) is 1.86. The number of aliphatic hydroxyl groups is 8. The molecular weight excluding hydrogens is 576 g/mol. The van der Waals surface area contributed by atoms with Gasteiger partial charge in [-0.15, -0.1) is 0 Å². The van der Waals surface area contributed by atoms with Crippen molar-refractivity contribution < 1.29 is 59.8 Å². The van der Waals surface area contributed by atoms with Gasteiger partial charge in [0.15, 0.2) is 12.6 Å². The molecule has 12 nitrogen and oxygen atoms in total. The Bertz CT molecular complexity index is 1000. The zero-order valence-electron chi connectivity index (χ0n) is 26.4. The summed E-state index contributed by atoms with van der Waals surface area (Å²) in [4.78, 5) is 0. The van der Waals surface area contributed by atoms with Crippen molar-refractivity contribution in [3.8, 4) is 0 Å². The Hall–Kier alpha value is -1.00. The van der Waals surface area contributed by atoms with Crippen LogP contribution in [0.5, 0.6) is 0 Å². The number of ether oxygens (including phenoxy) is 4. The van der Waals surface area contributed by atoms with E-state index in [2.05, 4.69) is 27.4 Å². The molecular formula is C32H54O12. The summed E-state index contributed by atoms with van der Waals surface area (Å²) in [6.45, 7) is 12.3. The topological polar surface area (TPSA) is 199 Å². The molecule has 0 aromatic rings. The quantitative estimate of drug-likeness (QED) is 0.152. The summed E-state index contributed by atoms with van der Waals surface area (Å²) in [5, 5.41) is 80.5. The second-order valence-electron chi connectivity index (χ2n) is 14.2. The van der Waals surface area contributed by atoms with E-state index < -0.39 is 74.6 Å². The van der Waals surface area contributed by atoms with Crippen LogP contribution in [-0.2, 0) is 18.9 Å². The summed E-state index contributed by atoms with van der Waals surface area (Å²) < 4.78 is 23.2. The Morgan fingerprint density at radius 1 is 0.864 bits per heavy atom. The third-order valence-corrected chi connectivity index (χ3v) is 10.7. The van der Waals surface area contributed by atoms with Crippen molar-refractivity contribution in [3.63, 3.8) is 0 Å². The number of fused-ring (bicyclic) bond motifs is 1. The predicted octanol–water partition coefficient (Wildman–Crippen LogP) is 0.123. The minimum absolute atomic E-state index is 0.0884. The molecule has 0 aromatic heterocycles. The van der Waals surface area contributed by atoms with Crippen LogP contribution in [0.25, 0.3) is 0 Å². The zero-order valence-corrected chi connectivity index (χ0v) is 26.4. The van der Waals surface area contributed by atoms with Crippen LogP contribution < -0.4 is 0 Å². The molecule has 14 atom stereocenters. The van der Waals surface area contributed by atoms with E-state index in [4.69, 9.17) is 18.9 Å². The first-order valence-corrected chi connectivity index (χ1v) is 15.9. The summed E-state index contributed by atoms with van der Waals surface area (Å²) in [7, 11) is 0. The zero-order chi connectivity index (χ0) is 32.6. The Morgan fingerprint density at radius 2 is 1.43 bits per heavy atom. The van der Waals surface area contributed by atoms with Gasteiger partial charge in [0.05, 0.1) is 25.9 Å². The SMILES string of the molecule is C=C1C[C@H](O[C@@H]2O[C@H](CO)[C@@H](O)[C@H](O)[C@H]2O)[C@H]2C(C)(C)CCC[C@]2(C)[C@H]1CC/C(C)=C/CO[C@@H]1O[C@H](CO)[C@@H](O)[C@H](O)[C@H]1O. The van der Waals surface area contributed by atoms with E-state index in [-0.39, 0.29) is 35.4 Å². The molecule has 2 aliphatic heterocycles. The van der Waals surface area contributed by atoms with Gasteiger partial charge in [-0.05, 0) is 61.7 Å². The highest BCUT2D eigenvalue weighted by molar-refractivity contribution is 5.20. The molecule has 4 aliphatic rings. The van der Waals surface area contributed by atoms with Crippen molar-refractivity contribution in [1.82, 2.24) is 0 Å². The summed E-state index contributed by atoms with van der Waals surface area (Å²) in [6, 6.07) is 0. The van der Waals surface area contributed by atoms with Gasteiger partial charge in [0.1, 0.15) is 48.8 Å². The van der Waals surface area contributed by atoms with Gasteiger partial charge in [-0.2, -0.15) is 0 Å². The van der Waals surface area contributed by atoms with E-state index in [1.807, 2.05) is 13.0 Å². The molecule has 0 aromatic carbocycles. The van der Waals surface area contributed by atoms with Crippen molar-refractivity contribution >= 4 is 0 Å². The van der Waals surface area contributed by atoms with Gasteiger partial charge >= 0.3 is 0 Å². The molecule has 8 N–H and O–H groups in total. The lowest BCUT2D eigenvalue weighted by Gasteiger charge is -2.61. The molecule has 44 heavy (non-hydrogen) atoms. The van der Waals surface area contributed by atoms with Crippen molar-refractivity contribution in [2.75, 3.05) is 19.8 Å². The maximum atomic E-state index is 10.7. The Labute approximate surface area is 259 Å². The predicted molar refractivity (Wildman–Crippen MR) is 158 cm³/mol. The highest BCUT2D eigenvalue weighted by Crippen LogP contribution is 2.62. The fourth-order valence-corrected chi connectivity index (χ4v) is 8.41. The molecule has 12 heteroatoms. The van der Waals surface area contributed by atoms with Gasteiger partial charge in [-0.1, -0.05) is 51.0 Å². The first-order valence-electron chi connectivity index (χ1n) is 15.9. The van der Waals surface area contributed by atoms with Crippen molar-refractivity contribution in [2.24, 2.45) is 22.7 Å². The smallest absolute Gasteiger partial charge is 0.187 e. The lowest BCUT2D eigenvalue weighted by molar-refractivity contribution is -0.324. The molecule has 0 radical (unpaired) electrons. The van der Waals surface area contributed by atoms with Crippen LogP contribution in [0, 0.1) is 22.7 Å². The van der Waals surface area contributed by atoms with Gasteiger partial charge in [0.25, 0.3) is 0 Å². The number of rotatable bonds is 10. The van der Waals surface area contributed by atoms with E-state index in [0.29, 0.717) is 6.42 Å². The molecule has 0 amide bonds. The van der Waals surface area contributed by atoms with Gasteiger partial charge < -0.3 is 59.8 Å². The van der Waals surface area contributed by atoms with Crippen molar-refractivity contribution in [1.29, 1.82) is 0 Å². The molecule has 4 fully saturated rings. The van der Waals surface area contributed by atoms with Gasteiger partial charge in [0.2, 0.25) is 0 Å². The van der Waals surface area contributed by atoms with Crippen LogP contribution in [-0.4, -0.2) is 128 Å². The Balaban J connectivity index is 1.42. The number of aliphatic hydroxyl groups excluding tert-OH is 8. The standard InChI is InChI=1S/C32H54O12/c1-16(9-12-41-29-26(39)24(37)22(35)20(14-33)43-29)7-8-18-17(2)13-19(28-31(3,4)10-6-11-32(18,28)5)42-30-27(40)25(38)23(36)21(15-34)44-30/h9,18-30,33-40H,2,6-8,10-15H2,1,3-5H3/b16-9+/t18-,19-,20+,21+,22+,23+,24-,25-,26+,27+,28-,29+,30+,32+/m0/s1. The van der Waals surface area contributed by atoms with Crippen molar-refractivity contribution in [3.05, 3.63) is 23.8 Å². The second kappa shape index (κ2) is 14.4. The van der Waals surface area contributed by atoms with Crippen LogP contribution in [0.2, 0.25) is 0 Å². The van der Waals surface area contributed by atoms with Crippen molar-refractivity contribution in [2.45, 2.75) is 134 Å². The third kappa shape index (κ3) is 7.12. The average Bonchev–Trinajstić information content (AvgIpc) is 2.96. The lowest BCUT2D eigenvalue weighted by atomic mass is 9.46. The minimum atomic E-state index is -1.50. The molecule has 2 saturated heterocycles. The van der Waals surface area contributed by atoms with Gasteiger partial charge in [-0.3, -0.25) is 0 Å². The van der Waals surface area contributed by atoms with E-state index in [0.717, 1.165) is 43.3 Å². The largest absolute Gasteiger partial charge is 0.394 e. The Morgan fingerprint density at radius 3 is 2.02 bits per heavy atom. The molecule has 2 saturated carbocycles. The molecule has 2 aliphatic carbocycles.